The first-order valence-electron chi connectivity index (χ1n) is 12.2. The van der Waals surface area contributed by atoms with E-state index in [1.54, 1.807) is 0 Å². The Labute approximate surface area is 204 Å². The van der Waals surface area contributed by atoms with Gasteiger partial charge in [0.05, 0.1) is 17.1 Å². The third kappa shape index (κ3) is 4.10. The Balaban J connectivity index is 1.39. The Morgan fingerprint density at radius 3 is 2.60 bits per heavy atom. The van der Waals surface area contributed by atoms with Crippen LogP contribution in [-0.2, 0) is 0 Å². The number of benzene rings is 1. The molecule has 0 radical (unpaired) electrons. The van der Waals surface area contributed by atoms with E-state index in [2.05, 4.69) is 97.6 Å². The minimum atomic E-state index is 0.339. The van der Waals surface area contributed by atoms with E-state index < -0.39 is 0 Å². The van der Waals surface area contributed by atoms with Crippen molar-refractivity contribution in [3.63, 3.8) is 0 Å². The molecule has 4 aromatic heterocycles. The molecule has 8 heteroatoms. The van der Waals surface area contributed by atoms with Crippen molar-refractivity contribution >= 4 is 33.3 Å². The zero-order chi connectivity index (χ0) is 23.9. The molecular weight excluding hydrogens is 436 g/mol. The number of pyridine rings is 2. The predicted octanol–water partition coefficient (Wildman–Crippen LogP) is 4.74. The standard InChI is InChI=1S/C27H30N8/c1-17(2)30-20-11-18(14-28-16-20)19-12-22-26(32-33-27(22)29-15-19)24-13-21-23(31-24)5-4-6-25(21)35-9-7-34(3)8-10-35/h4-6,11-17,30-31H,7-10H2,1-3H3,(H,29,32,33). The molecule has 0 spiro atoms. The van der Waals surface area contributed by atoms with E-state index >= 15 is 0 Å². The van der Waals surface area contributed by atoms with Crippen molar-refractivity contribution in [2.24, 2.45) is 0 Å². The molecule has 0 atom stereocenters. The highest BCUT2D eigenvalue weighted by atomic mass is 15.2. The van der Waals surface area contributed by atoms with Gasteiger partial charge in [-0.3, -0.25) is 10.1 Å². The number of piperazine rings is 1. The highest BCUT2D eigenvalue weighted by Crippen LogP contribution is 2.34. The van der Waals surface area contributed by atoms with E-state index in [9.17, 15) is 0 Å². The maximum absolute atomic E-state index is 4.63. The van der Waals surface area contributed by atoms with Crippen LogP contribution in [0.4, 0.5) is 11.4 Å². The molecule has 0 bridgehead atoms. The van der Waals surface area contributed by atoms with Gasteiger partial charge < -0.3 is 20.1 Å². The molecule has 0 aliphatic carbocycles. The van der Waals surface area contributed by atoms with Gasteiger partial charge in [0.15, 0.2) is 5.65 Å². The van der Waals surface area contributed by atoms with Crippen LogP contribution in [0.3, 0.4) is 0 Å². The van der Waals surface area contributed by atoms with E-state index in [1.165, 1.54) is 11.1 Å². The van der Waals surface area contributed by atoms with Crippen LogP contribution in [0.2, 0.25) is 0 Å². The van der Waals surface area contributed by atoms with Crippen molar-refractivity contribution < 1.29 is 0 Å². The van der Waals surface area contributed by atoms with Crippen molar-refractivity contribution in [1.29, 1.82) is 0 Å². The van der Waals surface area contributed by atoms with Crippen molar-refractivity contribution in [1.82, 2.24) is 30.0 Å². The topological polar surface area (TPSA) is 88.8 Å². The number of nitrogens with one attached hydrogen (secondary N) is 3. The summed E-state index contributed by atoms with van der Waals surface area (Å²) < 4.78 is 0. The van der Waals surface area contributed by atoms with Gasteiger partial charge in [0.2, 0.25) is 0 Å². The number of aromatic amines is 2. The molecule has 0 saturated carbocycles. The van der Waals surface area contributed by atoms with E-state index in [1.807, 2.05) is 18.6 Å². The maximum Gasteiger partial charge on any atom is 0.181 e. The molecule has 8 nitrogen and oxygen atoms in total. The number of anilines is 2. The second kappa shape index (κ2) is 8.70. The Morgan fingerprint density at radius 1 is 0.943 bits per heavy atom. The lowest BCUT2D eigenvalue weighted by Crippen LogP contribution is -2.44. The largest absolute Gasteiger partial charge is 0.382 e. The van der Waals surface area contributed by atoms with E-state index in [0.717, 1.165) is 65.3 Å². The maximum atomic E-state index is 4.63. The van der Waals surface area contributed by atoms with Gasteiger partial charge in [-0.05, 0) is 51.2 Å². The number of rotatable bonds is 5. The van der Waals surface area contributed by atoms with Crippen LogP contribution in [0, 0.1) is 0 Å². The zero-order valence-corrected chi connectivity index (χ0v) is 20.3. The summed E-state index contributed by atoms with van der Waals surface area (Å²) in [7, 11) is 2.19. The molecule has 0 unspecified atom stereocenters. The van der Waals surface area contributed by atoms with E-state index in [4.69, 9.17) is 0 Å². The number of hydrogen-bond donors (Lipinski definition) is 3. The van der Waals surface area contributed by atoms with Crippen molar-refractivity contribution in [3.8, 4) is 22.5 Å². The van der Waals surface area contributed by atoms with Crippen molar-refractivity contribution in [2.75, 3.05) is 43.4 Å². The van der Waals surface area contributed by atoms with Crippen LogP contribution in [0.5, 0.6) is 0 Å². The number of likely N-dealkylation sites (N-methyl/N-ethyl adjacent to an activating group) is 1. The molecule has 6 rings (SSSR count). The summed E-state index contributed by atoms with van der Waals surface area (Å²) >= 11 is 0. The molecule has 1 aliphatic heterocycles. The van der Waals surface area contributed by atoms with Gasteiger partial charge in [0, 0.05) is 83.9 Å². The lowest BCUT2D eigenvalue weighted by Gasteiger charge is -2.34. The van der Waals surface area contributed by atoms with Crippen molar-refractivity contribution in [3.05, 3.63) is 55.0 Å². The predicted molar refractivity (Wildman–Crippen MR) is 143 cm³/mol. The first-order chi connectivity index (χ1) is 17.0. The van der Waals surface area contributed by atoms with E-state index in [-0.39, 0.29) is 0 Å². The van der Waals surface area contributed by atoms with E-state index in [0.29, 0.717) is 11.7 Å². The third-order valence-corrected chi connectivity index (χ3v) is 6.69. The SMILES string of the molecule is CC(C)Nc1cncc(-c2cnc3n[nH]c(-c4cc5c(N6CCN(C)CC6)cccc5[nH]4)c3c2)c1. The molecule has 0 amide bonds. The third-order valence-electron chi connectivity index (χ3n) is 6.69. The molecular formula is C27H30N8. The summed E-state index contributed by atoms with van der Waals surface area (Å²) in [4.78, 5) is 17.5. The van der Waals surface area contributed by atoms with Gasteiger partial charge in [-0.2, -0.15) is 5.10 Å². The van der Waals surface area contributed by atoms with Crippen LogP contribution < -0.4 is 10.2 Å². The van der Waals surface area contributed by atoms with Gasteiger partial charge in [0.1, 0.15) is 0 Å². The van der Waals surface area contributed by atoms with Crippen LogP contribution in [0.1, 0.15) is 13.8 Å². The quantitative estimate of drug-likeness (QED) is 0.347. The first kappa shape index (κ1) is 21.6. The minimum Gasteiger partial charge on any atom is -0.382 e. The fourth-order valence-electron chi connectivity index (χ4n) is 4.87. The van der Waals surface area contributed by atoms with Crippen LogP contribution >= 0.6 is 0 Å². The minimum absolute atomic E-state index is 0.339. The van der Waals surface area contributed by atoms with Gasteiger partial charge in [-0.1, -0.05) is 6.07 Å². The summed E-state index contributed by atoms with van der Waals surface area (Å²) in [5, 5.41) is 13.3. The van der Waals surface area contributed by atoms with Crippen LogP contribution in [-0.4, -0.2) is 69.3 Å². The smallest absolute Gasteiger partial charge is 0.181 e. The lowest BCUT2D eigenvalue weighted by molar-refractivity contribution is 0.313. The highest BCUT2D eigenvalue weighted by Gasteiger charge is 2.19. The van der Waals surface area contributed by atoms with Gasteiger partial charge in [-0.25, -0.2) is 4.98 Å². The number of aromatic nitrogens is 5. The molecule has 5 heterocycles. The highest BCUT2D eigenvalue weighted by molar-refractivity contribution is 6.00. The second-order valence-corrected chi connectivity index (χ2v) is 9.67. The zero-order valence-electron chi connectivity index (χ0n) is 20.3. The number of nitrogens with zero attached hydrogens (tertiary/aromatic N) is 5. The summed E-state index contributed by atoms with van der Waals surface area (Å²) in [5.41, 5.74) is 8.08. The average molecular weight is 467 g/mol. The molecule has 3 N–H and O–H groups in total. The van der Waals surface area contributed by atoms with Gasteiger partial charge in [0.25, 0.3) is 0 Å². The average Bonchev–Trinajstić information content (AvgIpc) is 3.48. The summed E-state index contributed by atoms with van der Waals surface area (Å²) in [6, 6.07) is 13.3. The monoisotopic (exact) mass is 466 g/mol. The first-order valence-corrected chi connectivity index (χ1v) is 12.2. The number of H-pyrrole nitrogens is 2. The normalized spacial score (nSPS) is 14.9. The lowest BCUT2D eigenvalue weighted by atomic mass is 10.1. The van der Waals surface area contributed by atoms with Crippen molar-refractivity contribution in [2.45, 2.75) is 19.9 Å². The van der Waals surface area contributed by atoms with Gasteiger partial charge in [-0.15, -0.1) is 0 Å². The Kier molecular flexibility index (Phi) is 5.37. The summed E-state index contributed by atoms with van der Waals surface area (Å²) in [5.74, 6) is 0. The fraction of sp³-hybridized carbons (Fsp3) is 0.296. The molecule has 35 heavy (non-hydrogen) atoms. The fourth-order valence-corrected chi connectivity index (χ4v) is 4.87. The second-order valence-electron chi connectivity index (χ2n) is 9.67. The molecule has 178 valence electrons. The number of hydrogen-bond acceptors (Lipinski definition) is 6. The van der Waals surface area contributed by atoms with Crippen LogP contribution in [0.25, 0.3) is 44.5 Å². The van der Waals surface area contributed by atoms with Gasteiger partial charge >= 0.3 is 0 Å². The Morgan fingerprint density at radius 2 is 1.77 bits per heavy atom. The van der Waals surface area contributed by atoms with Crippen LogP contribution in [0.15, 0.2) is 55.0 Å². The molecule has 5 aromatic rings. The molecule has 1 saturated heterocycles. The number of fused-ring (bicyclic) bond motifs is 2. The summed E-state index contributed by atoms with van der Waals surface area (Å²) in [6.07, 6.45) is 5.58. The Bertz CT molecular complexity index is 1490. The molecule has 1 fully saturated rings. The molecule has 1 aromatic carbocycles. The molecule has 1 aliphatic rings. The Hall–Kier alpha value is -3.91. The summed E-state index contributed by atoms with van der Waals surface area (Å²) in [6.45, 7) is 8.47.